The third kappa shape index (κ3) is 5.69. The summed E-state index contributed by atoms with van der Waals surface area (Å²) in [6.45, 7) is 10.3. The van der Waals surface area contributed by atoms with E-state index in [4.69, 9.17) is 0 Å². The highest BCUT2D eigenvalue weighted by atomic mass is 32.2. The summed E-state index contributed by atoms with van der Waals surface area (Å²) in [5.41, 5.74) is 1.28. The number of nitrogens with one attached hydrogen (secondary N) is 1. The Labute approximate surface area is 165 Å². The van der Waals surface area contributed by atoms with E-state index in [0.717, 1.165) is 39.1 Å². The van der Waals surface area contributed by atoms with Gasteiger partial charge in [-0.15, -0.1) is 0 Å². The molecule has 7 heteroatoms. The minimum atomic E-state index is -0.812. The standard InChI is InChI=1S/C20H32N4O2S/c1-17(21-20(25)24-9-8-18(2)27(26)15-14-24)16-22-10-12-23(13-11-22)19-6-4-3-5-7-19/h3-7,17-18H,8-16H2,1-2H3,(H,21,25)/t17-,18-,27+/m1/s1. The fourth-order valence-electron chi connectivity index (χ4n) is 3.75. The van der Waals surface area contributed by atoms with Crippen LogP contribution in [0.5, 0.6) is 0 Å². The van der Waals surface area contributed by atoms with Gasteiger partial charge >= 0.3 is 6.03 Å². The normalized spacial score (nSPS) is 25.7. The Bertz CT molecular complexity index is 634. The van der Waals surface area contributed by atoms with Gasteiger partial charge in [-0.2, -0.15) is 0 Å². The van der Waals surface area contributed by atoms with Crippen molar-refractivity contribution in [2.24, 2.45) is 0 Å². The predicted octanol–water partition coefficient (Wildman–Crippen LogP) is 1.75. The van der Waals surface area contributed by atoms with E-state index in [0.29, 0.717) is 18.8 Å². The number of benzene rings is 1. The molecule has 1 aromatic carbocycles. The Balaban J connectivity index is 1.41. The van der Waals surface area contributed by atoms with Crippen molar-refractivity contribution in [3.8, 4) is 0 Å². The van der Waals surface area contributed by atoms with E-state index in [1.165, 1.54) is 5.69 Å². The molecule has 2 saturated heterocycles. The van der Waals surface area contributed by atoms with Gasteiger partial charge in [0.05, 0.1) is 0 Å². The van der Waals surface area contributed by atoms with Crippen LogP contribution in [-0.4, -0.2) is 82.9 Å². The summed E-state index contributed by atoms with van der Waals surface area (Å²) in [5.74, 6) is 0.588. The average Bonchev–Trinajstić information content (AvgIpc) is 2.84. The van der Waals surface area contributed by atoms with Crippen molar-refractivity contribution < 1.29 is 9.00 Å². The number of hydrogen-bond acceptors (Lipinski definition) is 4. The Morgan fingerprint density at radius 3 is 2.56 bits per heavy atom. The van der Waals surface area contributed by atoms with E-state index >= 15 is 0 Å². The average molecular weight is 393 g/mol. The number of piperazine rings is 1. The number of rotatable bonds is 4. The number of carbonyl (C=O) groups is 1. The van der Waals surface area contributed by atoms with E-state index in [1.54, 1.807) is 0 Å². The Hall–Kier alpha value is -1.60. The lowest BCUT2D eigenvalue weighted by Crippen LogP contribution is -2.52. The monoisotopic (exact) mass is 392 g/mol. The molecule has 2 aliphatic rings. The summed E-state index contributed by atoms with van der Waals surface area (Å²) in [5, 5.41) is 3.31. The first-order valence-corrected chi connectivity index (χ1v) is 11.4. The van der Waals surface area contributed by atoms with Gasteiger partial charge in [-0.1, -0.05) is 25.1 Å². The fourth-order valence-corrected chi connectivity index (χ4v) is 4.92. The molecule has 0 aromatic heterocycles. The molecule has 1 N–H and O–H groups in total. The van der Waals surface area contributed by atoms with Gasteiger partial charge in [0, 0.05) is 79.3 Å². The predicted molar refractivity (Wildman–Crippen MR) is 112 cm³/mol. The van der Waals surface area contributed by atoms with Crippen LogP contribution in [-0.2, 0) is 10.8 Å². The number of para-hydroxylation sites is 1. The van der Waals surface area contributed by atoms with Gasteiger partial charge < -0.3 is 15.1 Å². The van der Waals surface area contributed by atoms with Crippen molar-refractivity contribution in [2.45, 2.75) is 31.6 Å². The number of carbonyl (C=O) groups excluding carboxylic acids is 1. The number of anilines is 1. The molecule has 2 amide bonds. The molecule has 0 unspecified atom stereocenters. The van der Waals surface area contributed by atoms with Crippen molar-refractivity contribution >= 4 is 22.5 Å². The van der Waals surface area contributed by atoms with Crippen molar-refractivity contribution in [1.82, 2.24) is 15.1 Å². The second kappa shape index (κ2) is 9.55. The third-order valence-corrected chi connectivity index (χ3v) is 7.22. The molecule has 6 nitrogen and oxygen atoms in total. The Morgan fingerprint density at radius 1 is 1.15 bits per heavy atom. The maximum absolute atomic E-state index is 12.5. The molecule has 3 atom stereocenters. The molecule has 2 aliphatic heterocycles. The van der Waals surface area contributed by atoms with Crippen molar-refractivity contribution in [1.29, 1.82) is 0 Å². The highest BCUT2D eigenvalue weighted by Crippen LogP contribution is 2.15. The minimum absolute atomic E-state index is 0.0171. The van der Waals surface area contributed by atoms with E-state index in [9.17, 15) is 9.00 Å². The van der Waals surface area contributed by atoms with Gasteiger partial charge in [0.25, 0.3) is 0 Å². The van der Waals surface area contributed by atoms with Crippen LogP contribution in [0.2, 0.25) is 0 Å². The smallest absolute Gasteiger partial charge is 0.317 e. The maximum Gasteiger partial charge on any atom is 0.317 e. The first-order chi connectivity index (χ1) is 13.0. The van der Waals surface area contributed by atoms with Gasteiger partial charge in [0.15, 0.2) is 0 Å². The largest absolute Gasteiger partial charge is 0.369 e. The van der Waals surface area contributed by atoms with Crippen LogP contribution in [0, 0.1) is 0 Å². The van der Waals surface area contributed by atoms with E-state index in [2.05, 4.69) is 46.3 Å². The number of urea groups is 1. The lowest BCUT2D eigenvalue weighted by molar-refractivity contribution is 0.188. The highest BCUT2D eigenvalue weighted by molar-refractivity contribution is 7.85. The molecule has 1 aromatic rings. The summed E-state index contributed by atoms with van der Waals surface area (Å²) in [6.07, 6.45) is 0.815. The van der Waals surface area contributed by atoms with Crippen LogP contribution in [0.25, 0.3) is 0 Å². The summed E-state index contributed by atoms with van der Waals surface area (Å²) < 4.78 is 11.9. The highest BCUT2D eigenvalue weighted by Gasteiger charge is 2.24. The molecule has 0 aliphatic carbocycles. The van der Waals surface area contributed by atoms with Crippen LogP contribution >= 0.6 is 0 Å². The quantitative estimate of drug-likeness (QED) is 0.848. The van der Waals surface area contributed by atoms with E-state index < -0.39 is 10.8 Å². The van der Waals surface area contributed by atoms with Gasteiger partial charge in [0.2, 0.25) is 0 Å². The van der Waals surface area contributed by atoms with Gasteiger partial charge in [-0.05, 0) is 25.5 Å². The topological polar surface area (TPSA) is 55.9 Å². The summed E-state index contributed by atoms with van der Waals surface area (Å²) in [7, 11) is -0.812. The molecule has 0 bridgehead atoms. The van der Waals surface area contributed by atoms with Gasteiger partial charge in [-0.3, -0.25) is 9.11 Å². The Kier molecular flexibility index (Phi) is 7.13. The number of amides is 2. The molecular weight excluding hydrogens is 360 g/mol. The van der Waals surface area contributed by atoms with E-state index in [-0.39, 0.29) is 17.3 Å². The summed E-state index contributed by atoms with van der Waals surface area (Å²) in [4.78, 5) is 19.2. The Morgan fingerprint density at radius 2 is 1.85 bits per heavy atom. The molecular formula is C20H32N4O2S. The van der Waals surface area contributed by atoms with Gasteiger partial charge in [0.1, 0.15) is 0 Å². The molecule has 27 heavy (non-hydrogen) atoms. The summed E-state index contributed by atoms with van der Waals surface area (Å²) in [6, 6.07) is 10.6. The van der Waals surface area contributed by atoms with Crippen LogP contribution in [0.1, 0.15) is 20.3 Å². The first-order valence-electron chi connectivity index (χ1n) is 9.98. The molecule has 0 saturated carbocycles. The zero-order chi connectivity index (χ0) is 19.2. The lowest BCUT2D eigenvalue weighted by Gasteiger charge is -2.37. The van der Waals surface area contributed by atoms with Crippen molar-refractivity contribution in [3.63, 3.8) is 0 Å². The van der Waals surface area contributed by atoms with E-state index in [1.807, 2.05) is 17.9 Å². The molecule has 2 fully saturated rings. The van der Waals surface area contributed by atoms with Gasteiger partial charge in [-0.25, -0.2) is 4.79 Å². The van der Waals surface area contributed by atoms with Crippen LogP contribution in [0.4, 0.5) is 10.5 Å². The van der Waals surface area contributed by atoms with Crippen LogP contribution < -0.4 is 10.2 Å². The number of hydrogen-bond donors (Lipinski definition) is 1. The van der Waals surface area contributed by atoms with Crippen LogP contribution in [0.15, 0.2) is 30.3 Å². The molecule has 150 valence electrons. The zero-order valence-corrected chi connectivity index (χ0v) is 17.3. The second-order valence-electron chi connectivity index (χ2n) is 7.64. The first kappa shape index (κ1) is 20.1. The second-order valence-corrected chi connectivity index (χ2v) is 9.62. The molecule has 0 radical (unpaired) electrons. The SMILES string of the molecule is C[C@H](CN1CCN(c2ccccc2)CC1)NC(=O)N1CC[C@@H](C)[S@@](=O)CC1. The number of nitrogens with zero attached hydrogens (tertiary/aromatic N) is 3. The minimum Gasteiger partial charge on any atom is -0.369 e. The molecule has 2 heterocycles. The zero-order valence-electron chi connectivity index (χ0n) is 16.5. The maximum atomic E-state index is 12.5. The fraction of sp³-hybridized carbons (Fsp3) is 0.650. The lowest BCUT2D eigenvalue weighted by atomic mass is 10.2. The third-order valence-electron chi connectivity index (χ3n) is 5.50. The molecule has 0 spiro atoms. The van der Waals surface area contributed by atoms with Crippen molar-refractivity contribution in [3.05, 3.63) is 30.3 Å². The van der Waals surface area contributed by atoms with Crippen LogP contribution in [0.3, 0.4) is 0 Å². The van der Waals surface area contributed by atoms with Crippen molar-refractivity contribution in [2.75, 3.05) is 56.5 Å². The summed E-state index contributed by atoms with van der Waals surface area (Å²) >= 11 is 0. The molecule has 3 rings (SSSR count).